The fourth-order valence-electron chi connectivity index (χ4n) is 2.94. The average molecular weight is 321 g/mol. The van der Waals surface area contributed by atoms with Crippen molar-refractivity contribution in [3.05, 3.63) is 33.9 Å². The second-order valence-electron chi connectivity index (χ2n) is 6.59. The topological polar surface area (TPSA) is 95.7 Å². The maximum Gasteiger partial charge on any atom is 0.271 e. The van der Waals surface area contributed by atoms with E-state index in [0.29, 0.717) is 12.2 Å². The van der Waals surface area contributed by atoms with Crippen molar-refractivity contribution in [3.8, 4) is 0 Å². The summed E-state index contributed by atoms with van der Waals surface area (Å²) in [6.07, 6.45) is 1.89. The largest absolute Gasteiger partial charge is 0.396 e. The molecule has 7 nitrogen and oxygen atoms in total. The number of amides is 1. The third-order valence-electron chi connectivity index (χ3n) is 4.31. The van der Waals surface area contributed by atoms with E-state index >= 15 is 0 Å². The summed E-state index contributed by atoms with van der Waals surface area (Å²) in [6, 6.07) is 4.42. The van der Waals surface area contributed by atoms with Gasteiger partial charge in [-0.3, -0.25) is 19.8 Å². The van der Waals surface area contributed by atoms with Crippen molar-refractivity contribution in [2.45, 2.75) is 26.7 Å². The molecular formula is C16H23N3O4. The van der Waals surface area contributed by atoms with E-state index in [1.165, 1.54) is 12.1 Å². The highest BCUT2D eigenvalue weighted by Gasteiger charge is 2.31. The maximum atomic E-state index is 12.2. The standard InChI is InChI=1S/C16H23N3O4/c1-12-4-5-13(19(22)23)8-14(12)17-15(21)9-18-7-3-6-16(2,10-18)11-20/h4-5,8,20H,3,6-7,9-11H2,1-2H3,(H,17,21). The number of carbonyl (C=O) groups excluding carboxylic acids is 1. The van der Waals surface area contributed by atoms with Crippen LogP contribution in [0.25, 0.3) is 0 Å². The molecule has 1 fully saturated rings. The van der Waals surface area contributed by atoms with Crippen molar-refractivity contribution >= 4 is 17.3 Å². The predicted molar refractivity (Wildman–Crippen MR) is 87.3 cm³/mol. The van der Waals surface area contributed by atoms with Gasteiger partial charge in [0.15, 0.2) is 0 Å². The molecule has 0 saturated carbocycles. The monoisotopic (exact) mass is 321 g/mol. The summed E-state index contributed by atoms with van der Waals surface area (Å²) in [6.45, 7) is 5.62. The van der Waals surface area contributed by atoms with Crippen molar-refractivity contribution in [1.29, 1.82) is 0 Å². The quantitative estimate of drug-likeness (QED) is 0.638. The zero-order chi connectivity index (χ0) is 17.0. The lowest BCUT2D eigenvalue weighted by Crippen LogP contribution is -2.46. The lowest BCUT2D eigenvalue weighted by Gasteiger charge is -2.38. The molecule has 2 N–H and O–H groups in total. The third-order valence-corrected chi connectivity index (χ3v) is 4.31. The molecular weight excluding hydrogens is 298 g/mol. The molecule has 2 rings (SSSR count). The number of hydrogen-bond acceptors (Lipinski definition) is 5. The Hall–Kier alpha value is -1.99. The van der Waals surface area contributed by atoms with Gasteiger partial charge in [-0.05, 0) is 31.9 Å². The second-order valence-corrected chi connectivity index (χ2v) is 6.59. The first-order valence-electron chi connectivity index (χ1n) is 7.71. The molecule has 0 aliphatic carbocycles. The average Bonchev–Trinajstić information content (AvgIpc) is 2.49. The van der Waals surface area contributed by atoms with Crippen molar-refractivity contribution in [2.75, 3.05) is 31.6 Å². The van der Waals surface area contributed by atoms with Gasteiger partial charge in [0.1, 0.15) is 0 Å². The number of nitro groups is 1. The number of carbonyl (C=O) groups is 1. The van der Waals surface area contributed by atoms with Crippen LogP contribution < -0.4 is 5.32 Å². The molecule has 23 heavy (non-hydrogen) atoms. The fraction of sp³-hybridized carbons (Fsp3) is 0.562. The number of nitrogens with one attached hydrogen (secondary N) is 1. The van der Waals surface area contributed by atoms with Crippen molar-refractivity contribution in [1.82, 2.24) is 4.90 Å². The van der Waals surface area contributed by atoms with Crippen molar-refractivity contribution in [2.24, 2.45) is 5.41 Å². The van der Waals surface area contributed by atoms with Crippen molar-refractivity contribution in [3.63, 3.8) is 0 Å². The SMILES string of the molecule is Cc1ccc([N+](=O)[O-])cc1NC(=O)CN1CCCC(C)(CO)C1. The normalized spacial score (nSPS) is 21.9. The predicted octanol–water partition coefficient (Wildman–Crippen LogP) is 1.94. The second kappa shape index (κ2) is 7.06. The highest BCUT2D eigenvalue weighted by atomic mass is 16.6. The van der Waals surface area contributed by atoms with Crippen LogP contribution in [0.3, 0.4) is 0 Å². The van der Waals surface area contributed by atoms with Crippen LogP contribution in [0.2, 0.25) is 0 Å². The molecule has 0 spiro atoms. The minimum atomic E-state index is -0.480. The number of hydrogen-bond donors (Lipinski definition) is 2. The van der Waals surface area contributed by atoms with Gasteiger partial charge in [0.25, 0.3) is 5.69 Å². The van der Waals surface area contributed by atoms with E-state index in [-0.39, 0.29) is 30.2 Å². The van der Waals surface area contributed by atoms with Crippen LogP contribution >= 0.6 is 0 Å². The Balaban J connectivity index is 2.00. The minimum absolute atomic E-state index is 0.0447. The van der Waals surface area contributed by atoms with E-state index in [9.17, 15) is 20.0 Å². The van der Waals surface area contributed by atoms with Crippen LogP contribution in [0.4, 0.5) is 11.4 Å². The Labute approximate surface area is 135 Å². The van der Waals surface area contributed by atoms with Gasteiger partial charge in [0.2, 0.25) is 5.91 Å². The van der Waals surface area contributed by atoms with Gasteiger partial charge in [-0.25, -0.2) is 0 Å². The van der Waals surface area contributed by atoms with Gasteiger partial charge < -0.3 is 10.4 Å². The number of anilines is 1. The maximum absolute atomic E-state index is 12.2. The minimum Gasteiger partial charge on any atom is -0.396 e. The summed E-state index contributed by atoms with van der Waals surface area (Å²) in [5, 5.41) is 23.0. The van der Waals surface area contributed by atoms with E-state index in [4.69, 9.17) is 0 Å². The van der Waals surface area contributed by atoms with Crippen LogP contribution in [0.15, 0.2) is 18.2 Å². The lowest BCUT2D eigenvalue weighted by atomic mass is 9.83. The molecule has 0 bridgehead atoms. The Kier molecular flexibility index (Phi) is 5.33. The Morgan fingerprint density at radius 2 is 2.26 bits per heavy atom. The summed E-state index contributed by atoms with van der Waals surface area (Å²) >= 11 is 0. The number of aryl methyl sites for hydroxylation is 1. The number of nitro benzene ring substituents is 1. The number of rotatable bonds is 5. The summed E-state index contributed by atoms with van der Waals surface area (Å²) in [5.41, 5.74) is 1.03. The number of non-ortho nitro benzene ring substituents is 1. The molecule has 0 aromatic heterocycles. The van der Waals surface area contributed by atoms with Crippen LogP contribution in [0.1, 0.15) is 25.3 Å². The van der Waals surface area contributed by atoms with E-state index in [1.54, 1.807) is 13.0 Å². The van der Waals surface area contributed by atoms with Gasteiger partial charge in [-0.2, -0.15) is 0 Å². The van der Waals surface area contributed by atoms with E-state index in [0.717, 1.165) is 24.9 Å². The first kappa shape index (κ1) is 17.4. The first-order valence-corrected chi connectivity index (χ1v) is 7.71. The smallest absolute Gasteiger partial charge is 0.271 e. The molecule has 7 heteroatoms. The van der Waals surface area contributed by atoms with Gasteiger partial charge in [-0.15, -0.1) is 0 Å². The number of aliphatic hydroxyl groups is 1. The summed E-state index contributed by atoms with van der Waals surface area (Å²) in [5.74, 6) is -0.198. The molecule has 1 amide bonds. The number of piperidine rings is 1. The fourth-order valence-corrected chi connectivity index (χ4v) is 2.94. The van der Waals surface area contributed by atoms with E-state index < -0.39 is 4.92 Å². The number of aliphatic hydroxyl groups excluding tert-OH is 1. The van der Waals surface area contributed by atoms with Gasteiger partial charge in [0.05, 0.1) is 17.2 Å². The molecule has 1 aliphatic heterocycles. The van der Waals surface area contributed by atoms with Crippen LogP contribution in [0.5, 0.6) is 0 Å². The van der Waals surface area contributed by atoms with Crippen LogP contribution in [-0.2, 0) is 4.79 Å². The highest BCUT2D eigenvalue weighted by molar-refractivity contribution is 5.93. The van der Waals surface area contributed by atoms with E-state index in [1.807, 2.05) is 11.8 Å². The third kappa shape index (κ3) is 4.49. The summed E-state index contributed by atoms with van der Waals surface area (Å²) < 4.78 is 0. The lowest BCUT2D eigenvalue weighted by molar-refractivity contribution is -0.384. The molecule has 1 unspecified atom stereocenters. The molecule has 1 aromatic rings. The Bertz CT molecular complexity index is 605. The molecule has 1 aliphatic rings. The van der Waals surface area contributed by atoms with Crippen molar-refractivity contribution < 1.29 is 14.8 Å². The summed E-state index contributed by atoms with van der Waals surface area (Å²) in [4.78, 5) is 24.6. The Morgan fingerprint density at radius 1 is 1.52 bits per heavy atom. The van der Waals surface area contributed by atoms with Gasteiger partial charge >= 0.3 is 0 Å². The van der Waals surface area contributed by atoms with Crippen LogP contribution in [0, 0.1) is 22.5 Å². The molecule has 1 aromatic carbocycles. The molecule has 1 heterocycles. The zero-order valence-corrected chi connectivity index (χ0v) is 13.5. The highest BCUT2D eigenvalue weighted by Crippen LogP contribution is 2.28. The van der Waals surface area contributed by atoms with Gasteiger partial charge in [0, 0.05) is 30.7 Å². The molecule has 0 radical (unpaired) electrons. The summed E-state index contributed by atoms with van der Waals surface area (Å²) in [7, 11) is 0. The number of benzene rings is 1. The van der Waals surface area contributed by atoms with Gasteiger partial charge in [-0.1, -0.05) is 13.0 Å². The van der Waals surface area contributed by atoms with Crippen LogP contribution in [-0.4, -0.2) is 47.1 Å². The zero-order valence-electron chi connectivity index (χ0n) is 13.5. The molecule has 1 saturated heterocycles. The number of nitrogens with zero attached hydrogens (tertiary/aromatic N) is 2. The molecule has 126 valence electrons. The molecule has 1 atom stereocenters. The van der Waals surface area contributed by atoms with E-state index in [2.05, 4.69) is 5.32 Å². The Morgan fingerprint density at radius 3 is 2.91 bits per heavy atom. The first-order chi connectivity index (χ1) is 10.8. The number of likely N-dealkylation sites (tertiary alicyclic amines) is 1.